The number of carbonyl (C=O) groups excluding carboxylic acids is 4. The van der Waals surface area contributed by atoms with E-state index < -0.39 is 18.0 Å². The molecule has 0 aromatic heterocycles. The van der Waals surface area contributed by atoms with Gasteiger partial charge in [0.1, 0.15) is 6.54 Å². The van der Waals surface area contributed by atoms with Crippen molar-refractivity contribution in [3.8, 4) is 0 Å². The summed E-state index contributed by atoms with van der Waals surface area (Å²) < 4.78 is 5.14. The van der Waals surface area contributed by atoms with Gasteiger partial charge in [0.25, 0.3) is 5.91 Å². The van der Waals surface area contributed by atoms with Gasteiger partial charge in [0, 0.05) is 24.2 Å². The maximum Gasteiger partial charge on any atom is 0.326 e. The van der Waals surface area contributed by atoms with Crippen molar-refractivity contribution in [3.63, 3.8) is 0 Å². The maximum absolute atomic E-state index is 12.1. The van der Waals surface area contributed by atoms with Crippen LogP contribution in [0.4, 0.5) is 5.69 Å². The molecule has 0 aliphatic carbocycles. The summed E-state index contributed by atoms with van der Waals surface area (Å²) in [6.07, 6.45) is 2.13. The molecule has 1 heterocycles. The van der Waals surface area contributed by atoms with Gasteiger partial charge in [-0.3, -0.25) is 19.2 Å². The fraction of sp³-hybridized carbons (Fsp3) is 0.474. The van der Waals surface area contributed by atoms with E-state index in [4.69, 9.17) is 4.74 Å². The highest BCUT2D eigenvalue weighted by atomic mass is 16.5. The molecule has 1 aromatic carbocycles. The number of Topliss-reactive ketones (excluding diaryl/α,β-unsaturated/α-hetero) is 1. The van der Waals surface area contributed by atoms with Crippen LogP contribution in [-0.4, -0.2) is 47.7 Å². The largest absolute Gasteiger partial charge is 0.451 e. The van der Waals surface area contributed by atoms with Crippen LogP contribution in [0.1, 0.15) is 49.9 Å². The number of carbonyl (C=O) groups is 4. The van der Waals surface area contributed by atoms with Crippen LogP contribution in [0.5, 0.6) is 0 Å². The Balaban J connectivity index is 1.84. The van der Waals surface area contributed by atoms with Crippen molar-refractivity contribution in [2.75, 3.05) is 18.4 Å². The first-order valence-corrected chi connectivity index (χ1v) is 8.76. The number of hydrogen-bond donors (Lipinski definition) is 1. The molecular weight excluding hydrogens is 336 g/mol. The monoisotopic (exact) mass is 360 g/mol. The smallest absolute Gasteiger partial charge is 0.326 e. The van der Waals surface area contributed by atoms with Gasteiger partial charge >= 0.3 is 5.97 Å². The first-order valence-electron chi connectivity index (χ1n) is 8.76. The summed E-state index contributed by atoms with van der Waals surface area (Å²) in [5.74, 6) is -1.19. The Labute approximate surface area is 152 Å². The third-order valence-electron chi connectivity index (χ3n) is 4.23. The van der Waals surface area contributed by atoms with Crippen LogP contribution in [0.25, 0.3) is 0 Å². The van der Waals surface area contributed by atoms with Crippen LogP contribution in [0.15, 0.2) is 24.3 Å². The molecule has 1 atom stereocenters. The topological polar surface area (TPSA) is 92.8 Å². The maximum atomic E-state index is 12.1. The highest BCUT2D eigenvalue weighted by Gasteiger charge is 2.23. The molecule has 1 aliphatic heterocycles. The van der Waals surface area contributed by atoms with Crippen LogP contribution in [0.2, 0.25) is 0 Å². The Hall–Kier alpha value is -2.70. The summed E-state index contributed by atoms with van der Waals surface area (Å²) in [4.78, 5) is 48.8. The van der Waals surface area contributed by atoms with Gasteiger partial charge in [0.2, 0.25) is 5.91 Å². The van der Waals surface area contributed by atoms with Gasteiger partial charge in [0.05, 0.1) is 0 Å². The third-order valence-corrected chi connectivity index (χ3v) is 4.23. The van der Waals surface area contributed by atoms with Crippen molar-refractivity contribution < 1.29 is 23.9 Å². The molecule has 0 radical (unpaired) electrons. The molecule has 1 saturated heterocycles. The average Bonchev–Trinajstić information content (AvgIpc) is 2.79. The van der Waals surface area contributed by atoms with E-state index >= 15 is 0 Å². The van der Waals surface area contributed by atoms with E-state index in [9.17, 15) is 19.2 Å². The first-order chi connectivity index (χ1) is 12.4. The van der Waals surface area contributed by atoms with Gasteiger partial charge in [-0.1, -0.05) is 6.42 Å². The minimum absolute atomic E-state index is 0.0536. The molecule has 0 bridgehead atoms. The van der Waals surface area contributed by atoms with Gasteiger partial charge in [-0.15, -0.1) is 0 Å². The molecule has 0 unspecified atom stereocenters. The summed E-state index contributed by atoms with van der Waals surface area (Å²) in [5.41, 5.74) is 1.05. The number of esters is 1. The molecule has 1 aromatic rings. The van der Waals surface area contributed by atoms with Crippen molar-refractivity contribution in [3.05, 3.63) is 29.8 Å². The van der Waals surface area contributed by atoms with Crippen molar-refractivity contribution in [2.24, 2.45) is 0 Å². The predicted octanol–water partition coefficient (Wildman–Crippen LogP) is 2.16. The zero-order valence-electron chi connectivity index (χ0n) is 15.1. The van der Waals surface area contributed by atoms with Crippen molar-refractivity contribution in [1.82, 2.24) is 4.90 Å². The van der Waals surface area contributed by atoms with E-state index in [0.717, 1.165) is 19.3 Å². The van der Waals surface area contributed by atoms with Gasteiger partial charge in [-0.25, -0.2) is 0 Å². The predicted molar refractivity (Wildman–Crippen MR) is 95.7 cm³/mol. The number of anilines is 1. The second-order valence-electron chi connectivity index (χ2n) is 6.38. The number of rotatable bonds is 6. The lowest BCUT2D eigenvalue weighted by atomic mass is 10.1. The number of nitrogens with zero attached hydrogens (tertiary/aromatic N) is 1. The van der Waals surface area contributed by atoms with Gasteiger partial charge in [0.15, 0.2) is 11.9 Å². The molecule has 1 aliphatic rings. The molecule has 1 N–H and O–H groups in total. The Kier molecular flexibility index (Phi) is 6.89. The Morgan fingerprint density at radius 1 is 1.15 bits per heavy atom. The molecule has 0 spiro atoms. The number of ketones is 1. The zero-order valence-corrected chi connectivity index (χ0v) is 15.1. The molecule has 0 saturated carbocycles. The Bertz CT molecular complexity index is 684. The molecular formula is C19H24N2O5. The van der Waals surface area contributed by atoms with E-state index in [1.54, 1.807) is 24.3 Å². The number of hydrogen-bond acceptors (Lipinski definition) is 5. The molecule has 2 amide bonds. The molecule has 7 nitrogen and oxygen atoms in total. The minimum atomic E-state index is -0.989. The third kappa shape index (κ3) is 5.68. The van der Waals surface area contributed by atoms with E-state index in [0.29, 0.717) is 24.2 Å². The molecule has 2 rings (SSSR count). The van der Waals surface area contributed by atoms with Crippen LogP contribution >= 0.6 is 0 Å². The minimum Gasteiger partial charge on any atom is -0.451 e. The SMILES string of the molecule is CC(=O)c1ccc(NC(=O)[C@@H](C)OC(=O)CN2CCCCCC2=O)cc1. The molecule has 140 valence electrons. The lowest BCUT2D eigenvalue weighted by Crippen LogP contribution is -2.38. The standard InChI is InChI=1S/C19H24N2O5/c1-13(22)15-7-9-16(10-8-15)20-19(25)14(2)26-18(24)12-21-11-5-3-4-6-17(21)23/h7-10,14H,3-6,11-12H2,1-2H3,(H,20,25)/t14-/m1/s1. The highest BCUT2D eigenvalue weighted by Crippen LogP contribution is 2.13. The second-order valence-corrected chi connectivity index (χ2v) is 6.38. The second kappa shape index (κ2) is 9.12. The van der Waals surface area contributed by atoms with E-state index in [1.165, 1.54) is 18.7 Å². The van der Waals surface area contributed by atoms with Crippen LogP contribution < -0.4 is 5.32 Å². The summed E-state index contributed by atoms with van der Waals surface area (Å²) in [7, 11) is 0. The number of amides is 2. The molecule has 1 fully saturated rings. The highest BCUT2D eigenvalue weighted by molar-refractivity contribution is 5.97. The number of benzene rings is 1. The quantitative estimate of drug-likeness (QED) is 0.620. The normalized spacial score (nSPS) is 15.8. The summed E-state index contributed by atoms with van der Waals surface area (Å²) >= 11 is 0. The van der Waals surface area contributed by atoms with E-state index in [1.807, 2.05) is 0 Å². The van der Waals surface area contributed by atoms with E-state index in [2.05, 4.69) is 5.32 Å². The summed E-state index contributed by atoms with van der Waals surface area (Å²) in [5, 5.41) is 2.63. The van der Waals surface area contributed by atoms with E-state index in [-0.39, 0.29) is 18.2 Å². The summed E-state index contributed by atoms with van der Waals surface area (Å²) in [6, 6.07) is 6.44. The molecule has 7 heteroatoms. The zero-order chi connectivity index (χ0) is 19.1. The Morgan fingerprint density at radius 3 is 2.50 bits per heavy atom. The molecule has 26 heavy (non-hydrogen) atoms. The summed E-state index contributed by atoms with van der Waals surface area (Å²) in [6.45, 7) is 3.34. The number of likely N-dealkylation sites (tertiary alicyclic amines) is 1. The Morgan fingerprint density at radius 2 is 1.85 bits per heavy atom. The van der Waals surface area contributed by atoms with Gasteiger partial charge in [-0.2, -0.15) is 0 Å². The van der Waals surface area contributed by atoms with Gasteiger partial charge < -0.3 is 15.0 Å². The lowest BCUT2D eigenvalue weighted by Gasteiger charge is -2.20. The fourth-order valence-electron chi connectivity index (χ4n) is 2.68. The van der Waals surface area contributed by atoms with Gasteiger partial charge in [-0.05, 0) is 51.0 Å². The van der Waals surface area contributed by atoms with Crippen LogP contribution in [0.3, 0.4) is 0 Å². The number of ether oxygens (including phenoxy) is 1. The van der Waals surface area contributed by atoms with Crippen molar-refractivity contribution in [2.45, 2.75) is 45.6 Å². The van der Waals surface area contributed by atoms with Crippen LogP contribution in [0, 0.1) is 0 Å². The lowest BCUT2D eigenvalue weighted by molar-refractivity contribution is -0.156. The van der Waals surface area contributed by atoms with Crippen LogP contribution in [-0.2, 0) is 19.1 Å². The van der Waals surface area contributed by atoms with Crippen molar-refractivity contribution in [1.29, 1.82) is 0 Å². The number of nitrogens with one attached hydrogen (secondary N) is 1. The van der Waals surface area contributed by atoms with Crippen molar-refractivity contribution >= 4 is 29.3 Å². The first kappa shape index (κ1) is 19.6. The fourth-order valence-corrected chi connectivity index (χ4v) is 2.68. The average molecular weight is 360 g/mol.